The summed E-state index contributed by atoms with van der Waals surface area (Å²) in [5.74, 6) is 2.21. The zero-order valence-corrected chi connectivity index (χ0v) is 34.7. The fourth-order valence-corrected chi connectivity index (χ4v) is 7.98. The molecule has 4 aliphatic rings. The minimum atomic E-state index is -3.67. The molecule has 0 spiro atoms. The molecule has 0 aliphatic carbocycles. The van der Waals surface area contributed by atoms with Gasteiger partial charge in [-0.15, -0.1) is 12.4 Å². The largest absolute Gasteiger partial charge is 0.493 e. The molecule has 310 valence electrons. The average molecular weight is 827 g/mol. The Balaban J connectivity index is 0.000000194. The first-order valence-electron chi connectivity index (χ1n) is 19.2. The van der Waals surface area contributed by atoms with Crippen LogP contribution in [0.2, 0.25) is 0 Å². The zero-order valence-electron chi connectivity index (χ0n) is 33.0. The second kappa shape index (κ2) is 19.9. The Labute approximate surface area is 341 Å². The molecule has 4 saturated heterocycles. The number of piperidine rings is 1. The number of carbonyl (C=O) groups excluding carboxylic acids is 1. The molecule has 5 heterocycles. The number of fused-ring (bicyclic) bond motifs is 3. The maximum absolute atomic E-state index is 12.5. The predicted molar refractivity (Wildman–Crippen MR) is 223 cm³/mol. The lowest BCUT2D eigenvalue weighted by molar-refractivity contribution is -0.141. The molecule has 4 atom stereocenters. The third kappa shape index (κ3) is 11.5. The molecule has 0 saturated carbocycles. The normalized spacial score (nSPS) is 21.9. The number of amides is 1. The third-order valence-corrected chi connectivity index (χ3v) is 10.9. The number of carbonyl (C=O) groups is 1. The minimum absolute atomic E-state index is 0. The summed E-state index contributed by atoms with van der Waals surface area (Å²) >= 11 is 0. The Morgan fingerprint density at radius 1 is 0.877 bits per heavy atom. The highest BCUT2D eigenvalue weighted by atomic mass is 35.5. The van der Waals surface area contributed by atoms with E-state index in [2.05, 4.69) is 82.6 Å². The van der Waals surface area contributed by atoms with Crippen molar-refractivity contribution in [2.75, 3.05) is 70.9 Å². The van der Waals surface area contributed by atoms with E-state index in [0.717, 1.165) is 12.8 Å². The van der Waals surface area contributed by atoms with Gasteiger partial charge in [-0.25, -0.2) is 4.98 Å². The quantitative estimate of drug-likeness (QED) is 0.217. The van der Waals surface area contributed by atoms with Gasteiger partial charge in [-0.1, -0.05) is 60.7 Å². The van der Waals surface area contributed by atoms with Gasteiger partial charge in [0.2, 0.25) is 5.95 Å². The molecule has 16 heteroatoms. The summed E-state index contributed by atoms with van der Waals surface area (Å²) in [6.07, 6.45) is 7.63. The van der Waals surface area contributed by atoms with Crippen LogP contribution >= 0.6 is 12.4 Å². The van der Waals surface area contributed by atoms with Crippen molar-refractivity contribution in [3.63, 3.8) is 0 Å². The molecule has 4 aromatic rings. The Hall–Kier alpha value is -4.25. The highest BCUT2D eigenvalue weighted by Crippen LogP contribution is 2.39. The van der Waals surface area contributed by atoms with E-state index in [1.54, 1.807) is 26.4 Å². The fourth-order valence-electron chi connectivity index (χ4n) is 7.98. The summed E-state index contributed by atoms with van der Waals surface area (Å²) in [6, 6.07) is 26.3. The van der Waals surface area contributed by atoms with Gasteiger partial charge in [-0.2, -0.15) is 13.4 Å². The minimum Gasteiger partial charge on any atom is -0.493 e. The van der Waals surface area contributed by atoms with Crippen molar-refractivity contribution in [2.45, 2.75) is 68.9 Å². The summed E-state index contributed by atoms with van der Waals surface area (Å²) < 4.78 is 48.7. The Bertz CT molecular complexity index is 1960. The van der Waals surface area contributed by atoms with Crippen LogP contribution in [0.5, 0.6) is 11.5 Å². The van der Waals surface area contributed by atoms with E-state index in [1.165, 1.54) is 36.8 Å². The fraction of sp³-hybridized carbons (Fsp3) is 0.488. The van der Waals surface area contributed by atoms with Gasteiger partial charge in [0, 0.05) is 56.3 Å². The van der Waals surface area contributed by atoms with E-state index >= 15 is 0 Å². The standard InChI is InChI=1S/C21H25NO.C19H25N5O4.CH4O3S.ClH/c1-22-18-12-13-19(22)15-20(14-18)23-21(16-8-4-2-5-9-16)17-10-6-3-7-11-17;1-26-15-10-12-13(11-16(15)27-2)21-19(22-17(12)20)24-7-5-23(6-8-24)18(25)14-4-3-9-28-14;1-5(2,3)4;/h2-11,18-21H,12-15H2,1H3;10-11,14H,3-9H2,1-2H3,(H2,20,21,22);1H3,(H,2,3,4);1H/t18-,19+,20+;;;. The number of hydrogen-bond donors (Lipinski definition) is 2. The van der Waals surface area contributed by atoms with Crippen LogP contribution in [-0.4, -0.2) is 123 Å². The van der Waals surface area contributed by atoms with E-state index in [0.29, 0.717) is 91.4 Å². The maximum atomic E-state index is 12.5. The van der Waals surface area contributed by atoms with Crippen molar-refractivity contribution in [3.8, 4) is 11.5 Å². The Morgan fingerprint density at radius 2 is 1.42 bits per heavy atom. The topological polar surface area (TPSA) is 170 Å². The second-order valence-electron chi connectivity index (χ2n) is 14.7. The van der Waals surface area contributed by atoms with Crippen molar-refractivity contribution in [3.05, 3.63) is 83.9 Å². The van der Waals surface area contributed by atoms with Crippen LogP contribution in [0.3, 0.4) is 0 Å². The van der Waals surface area contributed by atoms with E-state index in [9.17, 15) is 13.2 Å². The number of piperazine rings is 1. The molecular formula is C41H55ClN6O8S. The first kappa shape index (κ1) is 43.9. The van der Waals surface area contributed by atoms with Gasteiger partial charge in [-0.05, 0) is 62.8 Å². The van der Waals surface area contributed by atoms with E-state index in [4.69, 9.17) is 29.2 Å². The number of benzene rings is 3. The summed E-state index contributed by atoms with van der Waals surface area (Å²) in [6.45, 7) is 3.21. The van der Waals surface area contributed by atoms with Gasteiger partial charge in [-0.3, -0.25) is 9.35 Å². The monoisotopic (exact) mass is 826 g/mol. The van der Waals surface area contributed by atoms with Crippen LogP contribution in [0.1, 0.15) is 55.8 Å². The molecule has 3 aromatic carbocycles. The molecule has 2 bridgehead atoms. The van der Waals surface area contributed by atoms with Crippen LogP contribution in [0.15, 0.2) is 72.8 Å². The van der Waals surface area contributed by atoms with Gasteiger partial charge in [0.1, 0.15) is 18.0 Å². The molecule has 1 unspecified atom stereocenters. The lowest BCUT2D eigenvalue weighted by Gasteiger charge is -2.38. The molecule has 1 amide bonds. The van der Waals surface area contributed by atoms with Gasteiger partial charge in [0.25, 0.3) is 16.0 Å². The molecule has 3 N–H and O–H groups in total. The molecule has 4 aliphatic heterocycles. The van der Waals surface area contributed by atoms with Crippen LogP contribution in [0.25, 0.3) is 10.9 Å². The highest BCUT2D eigenvalue weighted by molar-refractivity contribution is 7.85. The number of nitrogens with zero attached hydrogens (tertiary/aromatic N) is 5. The Kier molecular flexibility index (Phi) is 15.3. The first-order chi connectivity index (χ1) is 26.9. The highest BCUT2D eigenvalue weighted by Gasteiger charge is 2.40. The van der Waals surface area contributed by atoms with Gasteiger partial charge in [0.05, 0.1) is 32.1 Å². The molecule has 8 rings (SSSR count). The maximum Gasteiger partial charge on any atom is 0.261 e. The predicted octanol–water partition coefficient (Wildman–Crippen LogP) is 5.40. The van der Waals surface area contributed by atoms with Crippen LogP contribution in [0.4, 0.5) is 11.8 Å². The number of nitrogen functional groups attached to an aromatic ring is 1. The number of rotatable bonds is 8. The molecule has 4 fully saturated rings. The number of methoxy groups -OCH3 is 2. The summed E-state index contributed by atoms with van der Waals surface area (Å²) in [5.41, 5.74) is 9.38. The van der Waals surface area contributed by atoms with Gasteiger partial charge >= 0.3 is 0 Å². The third-order valence-electron chi connectivity index (χ3n) is 10.9. The average Bonchev–Trinajstić information content (AvgIpc) is 3.80. The van der Waals surface area contributed by atoms with Crippen molar-refractivity contribution >= 4 is 51.1 Å². The SMILES string of the molecule is CN1[C@@H]2CC[C@H]1C[C@@H](OC(c1ccccc1)c1ccccc1)C2.COc1cc2nc(N3CCN(C(=O)C4CCCO4)CC3)nc(N)c2cc1OC.CS(=O)(=O)O.Cl. The van der Waals surface area contributed by atoms with E-state index in [1.807, 2.05) is 9.80 Å². The van der Waals surface area contributed by atoms with Crippen LogP contribution < -0.4 is 20.1 Å². The lowest BCUT2D eigenvalue weighted by Crippen LogP contribution is -2.51. The Morgan fingerprint density at radius 3 is 1.93 bits per heavy atom. The summed E-state index contributed by atoms with van der Waals surface area (Å²) in [4.78, 5) is 28.1. The van der Waals surface area contributed by atoms with Crippen molar-refractivity contribution in [1.82, 2.24) is 19.8 Å². The summed E-state index contributed by atoms with van der Waals surface area (Å²) in [7, 11) is 1.77. The smallest absolute Gasteiger partial charge is 0.261 e. The van der Waals surface area contributed by atoms with Crippen LogP contribution in [-0.2, 0) is 24.4 Å². The van der Waals surface area contributed by atoms with E-state index in [-0.39, 0.29) is 30.5 Å². The van der Waals surface area contributed by atoms with Gasteiger partial charge < -0.3 is 39.4 Å². The molecule has 1 aromatic heterocycles. The number of aromatic nitrogens is 2. The van der Waals surface area contributed by atoms with Gasteiger partial charge in [0.15, 0.2) is 11.5 Å². The van der Waals surface area contributed by atoms with Crippen molar-refractivity contribution in [1.29, 1.82) is 0 Å². The number of hydrogen-bond acceptors (Lipinski definition) is 12. The number of halogens is 1. The zero-order chi connectivity index (χ0) is 39.8. The number of anilines is 2. The van der Waals surface area contributed by atoms with Crippen molar-refractivity contribution < 1.29 is 36.7 Å². The molecular weight excluding hydrogens is 772 g/mol. The lowest BCUT2D eigenvalue weighted by atomic mass is 9.97. The second-order valence-corrected chi connectivity index (χ2v) is 16.1. The number of ether oxygens (including phenoxy) is 4. The first-order valence-corrected chi connectivity index (χ1v) is 21.0. The van der Waals surface area contributed by atoms with Crippen LogP contribution in [0, 0.1) is 0 Å². The number of nitrogens with two attached hydrogens (primary N) is 1. The molecule has 0 radical (unpaired) electrons. The summed E-state index contributed by atoms with van der Waals surface area (Å²) in [5, 5.41) is 0.716. The van der Waals surface area contributed by atoms with E-state index < -0.39 is 10.1 Å². The van der Waals surface area contributed by atoms with Crippen molar-refractivity contribution in [2.24, 2.45) is 0 Å². The molecule has 57 heavy (non-hydrogen) atoms. The molecule has 14 nitrogen and oxygen atoms in total.